The van der Waals surface area contributed by atoms with Crippen molar-refractivity contribution < 1.29 is 13.5 Å². The number of nitrogens with one attached hydrogen (secondary N) is 1. The van der Waals surface area contributed by atoms with Crippen LogP contribution in [0.5, 0.6) is 5.75 Å². The van der Waals surface area contributed by atoms with Gasteiger partial charge in [-0.25, -0.2) is 4.39 Å². The molecule has 0 amide bonds. The van der Waals surface area contributed by atoms with Crippen LogP contribution in [0, 0.1) is 5.82 Å². The maximum absolute atomic E-state index is 14.8. The molecule has 1 aliphatic heterocycles. The summed E-state index contributed by atoms with van der Waals surface area (Å²) in [7, 11) is 0. The lowest BCUT2D eigenvalue weighted by atomic mass is 10.1. The first-order valence-electron chi connectivity index (χ1n) is 9.53. The number of fused-ring (bicyclic) bond motifs is 3. The van der Waals surface area contributed by atoms with Gasteiger partial charge in [-0.15, -0.1) is 0 Å². The summed E-state index contributed by atoms with van der Waals surface area (Å²) in [5.41, 5.74) is 2.38. The highest BCUT2D eigenvalue weighted by Gasteiger charge is 2.20. The number of nitrogens with zero attached hydrogens (tertiary/aromatic N) is 1. The lowest BCUT2D eigenvalue weighted by Crippen LogP contribution is -2.22. The van der Waals surface area contributed by atoms with E-state index in [-0.39, 0.29) is 11.2 Å². The monoisotopic (exact) mass is 390 g/mol. The molecule has 0 spiro atoms. The zero-order valence-corrected chi connectivity index (χ0v) is 15.7. The number of pyridine rings is 1. The Hall–Kier alpha value is -3.38. The zero-order chi connectivity index (χ0) is 19.8. The molecule has 6 heteroatoms. The van der Waals surface area contributed by atoms with Crippen LogP contribution in [-0.4, -0.2) is 11.1 Å². The minimum absolute atomic E-state index is 0.163. The highest BCUT2D eigenvalue weighted by molar-refractivity contribution is 5.84. The summed E-state index contributed by atoms with van der Waals surface area (Å²) in [6.45, 7) is 1.86. The van der Waals surface area contributed by atoms with Gasteiger partial charge in [0.05, 0.1) is 5.69 Å². The first kappa shape index (κ1) is 17.7. The van der Waals surface area contributed by atoms with E-state index in [0.29, 0.717) is 24.5 Å². The number of hydrogen-bond acceptors (Lipinski definition) is 4. The Morgan fingerprint density at radius 3 is 2.83 bits per heavy atom. The van der Waals surface area contributed by atoms with E-state index in [0.717, 1.165) is 35.2 Å². The van der Waals surface area contributed by atoms with Crippen LogP contribution in [0.25, 0.3) is 16.7 Å². The van der Waals surface area contributed by atoms with E-state index in [2.05, 4.69) is 5.32 Å². The molecule has 2 aromatic heterocycles. The van der Waals surface area contributed by atoms with Gasteiger partial charge in [0.1, 0.15) is 29.5 Å². The number of hydrogen-bond donors (Lipinski definition) is 1. The number of ether oxygens (including phenoxy) is 1. The van der Waals surface area contributed by atoms with Gasteiger partial charge in [-0.2, -0.15) is 0 Å². The van der Waals surface area contributed by atoms with Gasteiger partial charge >= 0.3 is 0 Å². The van der Waals surface area contributed by atoms with Crippen LogP contribution in [0.3, 0.4) is 0 Å². The lowest BCUT2D eigenvalue weighted by molar-refractivity contribution is 0.305. The van der Waals surface area contributed by atoms with Crippen LogP contribution >= 0.6 is 0 Å². The minimum atomic E-state index is -0.466. The normalized spacial score (nSPS) is 13.4. The first-order valence-corrected chi connectivity index (χ1v) is 9.53. The molecule has 0 saturated carbocycles. The average Bonchev–Trinajstić information content (AvgIpc) is 3.10. The third kappa shape index (κ3) is 3.32. The predicted molar refractivity (Wildman–Crippen MR) is 108 cm³/mol. The van der Waals surface area contributed by atoms with E-state index in [1.54, 1.807) is 12.1 Å². The van der Waals surface area contributed by atoms with Gasteiger partial charge in [0.25, 0.3) is 5.56 Å². The molecule has 2 aromatic carbocycles. The third-order valence-corrected chi connectivity index (χ3v) is 5.17. The number of aromatic nitrogens is 1. The van der Waals surface area contributed by atoms with Crippen molar-refractivity contribution in [3.8, 4) is 11.4 Å². The van der Waals surface area contributed by atoms with Gasteiger partial charge in [-0.1, -0.05) is 30.3 Å². The highest BCUT2D eigenvalue weighted by atomic mass is 19.1. The summed E-state index contributed by atoms with van der Waals surface area (Å²) in [4.78, 5) is 12.6. The zero-order valence-electron chi connectivity index (χ0n) is 15.7. The molecule has 1 N–H and O–H groups in total. The van der Waals surface area contributed by atoms with Crippen molar-refractivity contribution in [1.29, 1.82) is 0 Å². The lowest BCUT2D eigenvalue weighted by Gasteiger charge is -2.11. The molecule has 5 rings (SSSR count). The minimum Gasteiger partial charge on any atom is -0.489 e. The topological polar surface area (TPSA) is 56.4 Å². The Morgan fingerprint density at radius 2 is 2.00 bits per heavy atom. The smallest absolute Gasteiger partial charge is 0.258 e. The molecule has 4 aromatic rings. The summed E-state index contributed by atoms with van der Waals surface area (Å²) < 4.78 is 27.7. The summed E-state index contributed by atoms with van der Waals surface area (Å²) in [6.07, 6.45) is 2.30. The molecule has 0 bridgehead atoms. The molecule has 0 fully saturated rings. The molecular weight excluding hydrogens is 371 g/mol. The van der Waals surface area contributed by atoms with E-state index in [4.69, 9.17) is 9.15 Å². The molecule has 5 nitrogen and oxygen atoms in total. The van der Waals surface area contributed by atoms with E-state index in [1.165, 1.54) is 22.9 Å². The van der Waals surface area contributed by atoms with E-state index in [9.17, 15) is 9.18 Å². The second kappa shape index (κ2) is 7.22. The molecule has 3 heterocycles. The summed E-state index contributed by atoms with van der Waals surface area (Å²) in [6, 6.07) is 15.8. The number of halogens is 1. The summed E-state index contributed by atoms with van der Waals surface area (Å²) in [5.74, 6) is 0.857. The van der Waals surface area contributed by atoms with Crippen LogP contribution in [0.2, 0.25) is 0 Å². The van der Waals surface area contributed by atoms with Gasteiger partial charge in [-0.05, 0) is 17.7 Å². The van der Waals surface area contributed by atoms with Crippen LogP contribution in [-0.2, 0) is 19.6 Å². The van der Waals surface area contributed by atoms with E-state index >= 15 is 0 Å². The molecule has 0 aliphatic carbocycles. The summed E-state index contributed by atoms with van der Waals surface area (Å²) in [5, 5.41) is 4.03. The van der Waals surface area contributed by atoms with Crippen molar-refractivity contribution in [2.24, 2.45) is 0 Å². The van der Waals surface area contributed by atoms with Gasteiger partial charge in [-0.3, -0.25) is 9.36 Å². The molecule has 146 valence electrons. The Bertz CT molecular complexity index is 1240. The second-order valence-electron chi connectivity index (χ2n) is 7.08. The maximum atomic E-state index is 14.8. The largest absolute Gasteiger partial charge is 0.489 e. The Morgan fingerprint density at radius 1 is 1.14 bits per heavy atom. The van der Waals surface area contributed by atoms with Crippen LogP contribution in [0.1, 0.15) is 16.9 Å². The fourth-order valence-electron chi connectivity index (χ4n) is 3.69. The Kier molecular flexibility index (Phi) is 4.41. The molecular formula is C23H19FN2O3. The standard InChI is InChI=1S/C23H19FN2O3/c24-19-11-17-18-13-25-8-6-21(18)29-22(17)12-20(19)26-9-7-16(10-23(26)27)28-14-15-4-2-1-3-5-15/h1-5,7,9-12,25H,6,8,13-14H2. The first-order chi connectivity index (χ1) is 14.2. The van der Waals surface area contributed by atoms with E-state index < -0.39 is 5.82 Å². The molecule has 0 atom stereocenters. The van der Waals surface area contributed by atoms with E-state index in [1.807, 2.05) is 30.3 Å². The number of rotatable bonds is 4. The molecule has 29 heavy (non-hydrogen) atoms. The maximum Gasteiger partial charge on any atom is 0.258 e. The van der Waals surface area contributed by atoms with Crippen LogP contribution in [0.15, 0.2) is 70.0 Å². The number of benzene rings is 2. The average molecular weight is 390 g/mol. The Labute approximate surface area is 166 Å². The van der Waals surface area contributed by atoms with Crippen molar-refractivity contribution in [2.75, 3.05) is 6.54 Å². The van der Waals surface area contributed by atoms with Crippen molar-refractivity contribution >= 4 is 11.0 Å². The molecule has 0 saturated heterocycles. The third-order valence-electron chi connectivity index (χ3n) is 5.17. The molecule has 1 aliphatic rings. The van der Waals surface area contributed by atoms with Crippen LogP contribution < -0.4 is 15.6 Å². The van der Waals surface area contributed by atoms with Crippen molar-refractivity contribution in [2.45, 2.75) is 19.6 Å². The van der Waals surface area contributed by atoms with Crippen LogP contribution in [0.4, 0.5) is 4.39 Å². The quantitative estimate of drug-likeness (QED) is 0.573. The SMILES string of the molecule is O=c1cc(OCc2ccccc2)ccn1-c1cc2oc3c(c2cc1F)CNCC3. The predicted octanol–water partition coefficient (Wildman–Crippen LogP) is 3.95. The molecule has 0 radical (unpaired) electrons. The van der Waals surface area contributed by atoms with Gasteiger partial charge < -0.3 is 14.5 Å². The molecule has 0 unspecified atom stereocenters. The van der Waals surface area contributed by atoms with Crippen molar-refractivity contribution in [1.82, 2.24) is 9.88 Å². The highest BCUT2D eigenvalue weighted by Crippen LogP contribution is 2.31. The summed E-state index contributed by atoms with van der Waals surface area (Å²) >= 11 is 0. The van der Waals surface area contributed by atoms with Crippen molar-refractivity contribution in [3.63, 3.8) is 0 Å². The van der Waals surface area contributed by atoms with Gasteiger partial charge in [0.2, 0.25) is 0 Å². The fourth-order valence-corrected chi connectivity index (χ4v) is 3.69. The van der Waals surface area contributed by atoms with Gasteiger partial charge in [0, 0.05) is 48.8 Å². The fraction of sp³-hybridized carbons (Fsp3) is 0.174. The Balaban J connectivity index is 1.46. The number of furan rings is 1. The van der Waals surface area contributed by atoms with Crippen molar-refractivity contribution in [3.05, 3.63) is 93.9 Å². The van der Waals surface area contributed by atoms with Gasteiger partial charge in [0.15, 0.2) is 0 Å². The second-order valence-corrected chi connectivity index (χ2v) is 7.08.